The molecule has 1 aromatic carbocycles. The number of nitrogens with two attached hydrogens (primary N) is 1. The Morgan fingerprint density at radius 3 is 2.42 bits per heavy atom. The maximum Gasteiger partial charge on any atom is 0.247 e. The van der Waals surface area contributed by atoms with Gasteiger partial charge >= 0.3 is 0 Å². The van der Waals surface area contributed by atoms with Crippen LogP contribution in [0.5, 0.6) is 0 Å². The van der Waals surface area contributed by atoms with Crippen LogP contribution in [0.3, 0.4) is 0 Å². The molecule has 0 fully saturated rings. The van der Waals surface area contributed by atoms with E-state index >= 15 is 0 Å². The van der Waals surface area contributed by atoms with Crippen LogP contribution in [-0.2, 0) is 16.6 Å². The van der Waals surface area contributed by atoms with Gasteiger partial charge in [-0.15, -0.1) is 23.7 Å². The molecule has 0 aliphatic rings. The van der Waals surface area contributed by atoms with Crippen LogP contribution < -0.4 is 10.5 Å². The Morgan fingerprint density at radius 1 is 1.21 bits per heavy atom. The van der Waals surface area contributed by atoms with Crippen molar-refractivity contribution < 1.29 is 13.2 Å². The summed E-state index contributed by atoms with van der Waals surface area (Å²) >= 11 is 0.955. The maximum atomic E-state index is 12.4. The van der Waals surface area contributed by atoms with Crippen molar-refractivity contribution in [1.82, 2.24) is 5.32 Å². The molecule has 0 radical (unpaired) electrons. The quantitative estimate of drug-likeness (QED) is 0.537. The molecule has 0 saturated heterocycles. The number of benzene rings is 1. The summed E-state index contributed by atoms with van der Waals surface area (Å²) in [6.45, 7) is 3.89. The van der Waals surface area contributed by atoms with Crippen LogP contribution >= 0.6 is 23.7 Å². The zero-order chi connectivity index (χ0) is 16.9. The SMILES string of the molecule is CCCCNCc1ccc(C(=O)c2csc(S(N)(=O)=O)c2)cc1.Cl. The highest BCUT2D eigenvalue weighted by Crippen LogP contribution is 2.21. The van der Waals surface area contributed by atoms with E-state index < -0.39 is 10.0 Å². The van der Waals surface area contributed by atoms with Gasteiger partial charge in [-0.3, -0.25) is 4.79 Å². The second-order valence-corrected chi connectivity index (χ2v) is 7.96. The molecule has 132 valence electrons. The number of unbranched alkanes of at least 4 members (excludes halogenated alkanes) is 1. The molecule has 0 spiro atoms. The van der Waals surface area contributed by atoms with Gasteiger partial charge in [-0.1, -0.05) is 37.6 Å². The predicted molar refractivity (Wildman–Crippen MR) is 99.4 cm³/mol. The van der Waals surface area contributed by atoms with E-state index in [0.717, 1.165) is 42.8 Å². The highest BCUT2D eigenvalue weighted by molar-refractivity contribution is 7.91. The van der Waals surface area contributed by atoms with Gasteiger partial charge in [-0.25, -0.2) is 13.6 Å². The Morgan fingerprint density at radius 2 is 1.88 bits per heavy atom. The lowest BCUT2D eigenvalue weighted by molar-refractivity contribution is 0.103. The maximum absolute atomic E-state index is 12.4. The van der Waals surface area contributed by atoms with Gasteiger partial charge in [0.1, 0.15) is 4.21 Å². The second kappa shape index (κ2) is 9.29. The molecule has 3 N–H and O–H groups in total. The van der Waals surface area contributed by atoms with E-state index in [1.54, 1.807) is 12.1 Å². The van der Waals surface area contributed by atoms with E-state index in [0.29, 0.717) is 11.1 Å². The first-order valence-electron chi connectivity index (χ1n) is 7.37. The monoisotopic (exact) mass is 388 g/mol. The minimum atomic E-state index is -3.76. The molecular formula is C16H21ClN2O3S2. The number of nitrogens with one attached hydrogen (secondary N) is 1. The van der Waals surface area contributed by atoms with Crippen LogP contribution in [0.25, 0.3) is 0 Å². The summed E-state index contributed by atoms with van der Waals surface area (Å²) in [5, 5.41) is 9.92. The zero-order valence-electron chi connectivity index (χ0n) is 13.3. The molecule has 1 aromatic heterocycles. The topological polar surface area (TPSA) is 89.3 Å². The molecule has 24 heavy (non-hydrogen) atoms. The molecule has 1 heterocycles. The van der Waals surface area contributed by atoms with Crippen molar-refractivity contribution in [1.29, 1.82) is 0 Å². The standard InChI is InChI=1S/C16H20N2O3S2.ClH/c1-2-3-8-18-10-12-4-6-13(7-5-12)16(19)14-9-15(22-11-14)23(17,20)21;/h4-7,9,11,18H,2-3,8,10H2,1H3,(H2,17,20,21);1H. The number of thiophene rings is 1. The summed E-state index contributed by atoms with van der Waals surface area (Å²) in [7, 11) is -3.76. The molecule has 2 aromatic rings. The van der Waals surface area contributed by atoms with E-state index in [-0.39, 0.29) is 22.4 Å². The third-order valence-electron chi connectivity index (χ3n) is 3.37. The summed E-state index contributed by atoms with van der Waals surface area (Å²) < 4.78 is 22.5. The molecule has 0 aliphatic carbocycles. The lowest BCUT2D eigenvalue weighted by Crippen LogP contribution is -2.14. The largest absolute Gasteiger partial charge is 0.313 e. The fraction of sp³-hybridized carbons (Fsp3) is 0.312. The molecule has 5 nitrogen and oxygen atoms in total. The number of halogens is 1. The van der Waals surface area contributed by atoms with Crippen LogP contribution in [-0.4, -0.2) is 20.7 Å². The van der Waals surface area contributed by atoms with Gasteiger partial charge in [0.15, 0.2) is 5.78 Å². The van der Waals surface area contributed by atoms with Gasteiger partial charge in [0.25, 0.3) is 0 Å². The molecule has 0 amide bonds. The van der Waals surface area contributed by atoms with Crippen LogP contribution in [0.1, 0.15) is 41.3 Å². The fourth-order valence-electron chi connectivity index (χ4n) is 2.06. The van der Waals surface area contributed by atoms with Crippen LogP contribution in [0.2, 0.25) is 0 Å². The lowest BCUT2D eigenvalue weighted by atomic mass is 10.0. The summed E-state index contributed by atoms with van der Waals surface area (Å²) in [5.41, 5.74) is 1.97. The Kier molecular flexibility index (Phi) is 8.05. The average Bonchev–Trinajstić information content (AvgIpc) is 3.02. The van der Waals surface area contributed by atoms with Gasteiger partial charge < -0.3 is 5.32 Å². The predicted octanol–water partition coefficient (Wildman–Crippen LogP) is 2.94. The van der Waals surface area contributed by atoms with Gasteiger partial charge in [-0.2, -0.15) is 0 Å². The highest BCUT2D eigenvalue weighted by atomic mass is 35.5. The third kappa shape index (κ3) is 5.68. The summed E-state index contributed by atoms with van der Waals surface area (Å²) in [6.07, 6.45) is 2.29. The smallest absolute Gasteiger partial charge is 0.247 e. The van der Waals surface area contributed by atoms with Gasteiger partial charge in [0.05, 0.1) is 0 Å². The van der Waals surface area contributed by atoms with E-state index in [9.17, 15) is 13.2 Å². The number of ketones is 1. The molecule has 0 aliphatic heterocycles. The van der Waals surface area contributed by atoms with Crippen LogP contribution in [0.15, 0.2) is 39.9 Å². The minimum Gasteiger partial charge on any atom is -0.313 e. The van der Waals surface area contributed by atoms with Gasteiger partial charge in [0.2, 0.25) is 10.0 Å². The molecule has 0 unspecified atom stereocenters. The van der Waals surface area contributed by atoms with Gasteiger partial charge in [-0.05, 0) is 24.6 Å². The molecule has 0 bridgehead atoms. The van der Waals surface area contributed by atoms with Gasteiger partial charge in [0, 0.05) is 23.1 Å². The Hall–Kier alpha value is -1.25. The molecular weight excluding hydrogens is 368 g/mol. The normalized spacial score (nSPS) is 11.1. The van der Waals surface area contributed by atoms with Crippen LogP contribution in [0.4, 0.5) is 0 Å². The number of rotatable bonds is 8. The first-order chi connectivity index (χ1) is 10.9. The molecule has 0 saturated carbocycles. The molecule has 8 heteroatoms. The van der Waals surface area contributed by atoms with Crippen molar-refractivity contribution in [3.05, 3.63) is 52.4 Å². The highest BCUT2D eigenvalue weighted by Gasteiger charge is 2.16. The average molecular weight is 389 g/mol. The number of sulfonamides is 1. The first kappa shape index (κ1) is 20.8. The number of hydrogen-bond acceptors (Lipinski definition) is 5. The lowest BCUT2D eigenvalue weighted by Gasteiger charge is -2.05. The van der Waals surface area contributed by atoms with Crippen molar-refractivity contribution in [3.8, 4) is 0 Å². The molecule has 2 rings (SSSR count). The third-order valence-corrected chi connectivity index (χ3v) is 5.76. The van der Waals surface area contributed by atoms with E-state index in [2.05, 4.69) is 12.2 Å². The summed E-state index contributed by atoms with van der Waals surface area (Å²) in [5.74, 6) is -0.207. The number of hydrogen-bond donors (Lipinski definition) is 2. The van der Waals surface area contributed by atoms with Crippen molar-refractivity contribution in [2.75, 3.05) is 6.54 Å². The Bertz CT molecular complexity index is 771. The van der Waals surface area contributed by atoms with E-state index in [1.807, 2.05) is 12.1 Å². The minimum absolute atomic E-state index is 0. The number of carbonyl (C=O) groups excluding carboxylic acids is 1. The van der Waals surface area contributed by atoms with E-state index in [4.69, 9.17) is 5.14 Å². The molecule has 0 atom stereocenters. The second-order valence-electron chi connectivity index (χ2n) is 5.26. The number of carbonyl (C=O) groups is 1. The Labute approximate surface area is 152 Å². The van der Waals surface area contributed by atoms with Crippen molar-refractivity contribution in [3.63, 3.8) is 0 Å². The van der Waals surface area contributed by atoms with E-state index in [1.165, 1.54) is 11.4 Å². The fourth-order valence-corrected chi connectivity index (χ4v) is 3.65. The van der Waals surface area contributed by atoms with Crippen molar-refractivity contribution in [2.24, 2.45) is 5.14 Å². The summed E-state index contributed by atoms with van der Waals surface area (Å²) in [4.78, 5) is 12.4. The summed E-state index contributed by atoms with van der Waals surface area (Å²) in [6, 6.07) is 8.64. The van der Waals surface area contributed by atoms with Crippen molar-refractivity contribution >= 4 is 39.6 Å². The first-order valence-corrected chi connectivity index (χ1v) is 9.80. The zero-order valence-corrected chi connectivity index (χ0v) is 15.8. The number of primary sulfonamides is 1. The van der Waals surface area contributed by atoms with Crippen LogP contribution in [0, 0.1) is 0 Å². The Balaban J connectivity index is 0.00000288. The van der Waals surface area contributed by atoms with Crippen molar-refractivity contribution in [2.45, 2.75) is 30.5 Å².